The Bertz CT molecular complexity index is 1030. The summed E-state index contributed by atoms with van der Waals surface area (Å²) in [4.78, 5) is 0. The number of methoxy groups -OCH3 is 2. The highest BCUT2D eigenvalue weighted by Crippen LogP contribution is 2.28. The number of ether oxygens (including phenoxy) is 2. The SMILES string of the molecule is CCn1nccc1CN(CCc1ccc(OC)c(OC)c1)S(=O)(=O)c1cccs1. The van der Waals surface area contributed by atoms with Crippen molar-refractivity contribution < 1.29 is 17.9 Å². The van der Waals surface area contributed by atoms with Crippen LogP contribution in [-0.4, -0.2) is 43.3 Å². The Kier molecular flexibility index (Phi) is 6.94. The van der Waals surface area contributed by atoms with Crippen molar-refractivity contribution in [2.45, 2.75) is 30.6 Å². The van der Waals surface area contributed by atoms with E-state index in [0.29, 0.717) is 35.2 Å². The number of aryl methyl sites for hydroxylation is 1. The van der Waals surface area contributed by atoms with Gasteiger partial charge in [0.15, 0.2) is 11.5 Å². The lowest BCUT2D eigenvalue weighted by Gasteiger charge is -2.22. The number of hydrogen-bond acceptors (Lipinski definition) is 6. The summed E-state index contributed by atoms with van der Waals surface area (Å²) in [5, 5.41) is 6.03. The van der Waals surface area contributed by atoms with Crippen LogP contribution in [0.2, 0.25) is 0 Å². The standard InChI is InChI=1S/C20H25N3O4S2/c1-4-23-17(9-11-21-23)15-22(29(24,25)20-6-5-13-28-20)12-10-16-7-8-18(26-2)19(14-16)27-3/h5-9,11,13-14H,4,10,12,15H2,1-3H3. The summed E-state index contributed by atoms with van der Waals surface area (Å²) in [5.74, 6) is 1.27. The molecule has 1 aromatic carbocycles. The van der Waals surface area contributed by atoms with Gasteiger partial charge in [-0.25, -0.2) is 8.42 Å². The third-order valence-corrected chi connectivity index (χ3v) is 7.85. The minimum atomic E-state index is -3.60. The highest BCUT2D eigenvalue weighted by molar-refractivity contribution is 7.91. The topological polar surface area (TPSA) is 73.7 Å². The van der Waals surface area contributed by atoms with Crippen LogP contribution in [0, 0.1) is 0 Å². The van der Waals surface area contributed by atoms with Gasteiger partial charge in [0.25, 0.3) is 10.0 Å². The second-order valence-corrected chi connectivity index (χ2v) is 9.46. The van der Waals surface area contributed by atoms with Gasteiger partial charge < -0.3 is 9.47 Å². The molecule has 9 heteroatoms. The van der Waals surface area contributed by atoms with Gasteiger partial charge in [-0.15, -0.1) is 11.3 Å². The molecule has 0 radical (unpaired) electrons. The average molecular weight is 436 g/mol. The smallest absolute Gasteiger partial charge is 0.252 e. The van der Waals surface area contributed by atoms with Crippen molar-refractivity contribution in [2.75, 3.05) is 20.8 Å². The van der Waals surface area contributed by atoms with Crippen LogP contribution in [0.1, 0.15) is 18.2 Å². The Labute approximate surface area is 175 Å². The maximum atomic E-state index is 13.2. The van der Waals surface area contributed by atoms with Gasteiger partial charge in [-0.05, 0) is 48.6 Å². The lowest BCUT2D eigenvalue weighted by molar-refractivity contribution is 0.354. The predicted octanol–water partition coefficient (Wildman–Crippen LogP) is 3.42. The molecule has 0 aliphatic rings. The van der Waals surface area contributed by atoms with Crippen LogP contribution in [-0.2, 0) is 29.5 Å². The van der Waals surface area contributed by atoms with E-state index in [9.17, 15) is 8.42 Å². The number of thiophene rings is 1. The molecule has 7 nitrogen and oxygen atoms in total. The molecule has 0 fully saturated rings. The van der Waals surface area contributed by atoms with Crippen molar-refractivity contribution in [1.82, 2.24) is 14.1 Å². The van der Waals surface area contributed by atoms with Gasteiger partial charge in [0.1, 0.15) is 4.21 Å². The third-order valence-electron chi connectivity index (χ3n) is 4.63. The maximum Gasteiger partial charge on any atom is 0.252 e. The van der Waals surface area contributed by atoms with E-state index >= 15 is 0 Å². The fraction of sp³-hybridized carbons (Fsp3) is 0.350. The number of sulfonamides is 1. The Balaban J connectivity index is 1.85. The average Bonchev–Trinajstić information content (AvgIpc) is 3.42. The number of aromatic nitrogens is 2. The quantitative estimate of drug-likeness (QED) is 0.488. The summed E-state index contributed by atoms with van der Waals surface area (Å²) in [7, 11) is -0.431. The van der Waals surface area contributed by atoms with Crippen LogP contribution >= 0.6 is 11.3 Å². The second kappa shape index (κ2) is 9.43. The number of nitrogens with zero attached hydrogens (tertiary/aromatic N) is 3. The van der Waals surface area contributed by atoms with Crippen LogP contribution in [0.4, 0.5) is 0 Å². The van der Waals surface area contributed by atoms with Gasteiger partial charge in [-0.1, -0.05) is 12.1 Å². The molecule has 3 aromatic rings. The van der Waals surface area contributed by atoms with E-state index in [0.717, 1.165) is 11.3 Å². The molecule has 3 rings (SSSR count). The van der Waals surface area contributed by atoms with E-state index in [1.54, 1.807) is 37.9 Å². The minimum Gasteiger partial charge on any atom is -0.493 e. The molecule has 0 atom stereocenters. The number of rotatable bonds is 10. The lowest BCUT2D eigenvalue weighted by atomic mass is 10.1. The summed E-state index contributed by atoms with van der Waals surface area (Å²) in [6, 6.07) is 10.9. The minimum absolute atomic E-state index is 0.265. The summed E-state index contributed by atoms with van der Waals surface area (Å²) in [6.45, 7) is 3.27. The molecule has 0 aliphatic heterocycles. The second-order valence-electron chi connectivity index (χ2n) is 6.35. The van der Waals surface area contributed by atoms with Gasteiger partial charge in [-0.2, -0.15) is 9.40 Å². The Morgan fingerprint density at radius 2 is 1.93 bits per heavy atom. The Morgan fingerprint density at radius 1 is 1.14 bits per heavy atom. The maximum absolute atomic E-state index is 13.2. The van der Waals surface area contributed by atoms with E-state index in [-0.39, 0.29) is 6.54 Å². The van der Waals surface area contributed by atoms with Gasteiger partial charge in [0, 0.05) is 19.3 Å². The largest absolute Gasteiger partial charge is 0.493 e. The van der Waals surface area contributed by atoms with Gasteiger partial charge in [0.05, 0.1) is 26.5 Å². The van der Waals surface area contributed by atoms with Crippen molar-refractivity contribution >= 4 is 21.4 Å². The molecule has 0 bridgehead atoms. The summed E-state index contributed by atoms with van der Waals surface area (Å²) in [5.41, 5.74) is 1.83. The summed E-state index contributed by atoms with van der Waals surface area (Å²) < 4.78 is 40.8. The molecule has 0 N–H and O–H groups in total. The first-order valence-electron chi connectivity index (χ1n) is 9.24. The summed E-state index contributed by atoms with van der Waals surface area (Å²) >= 11 is 1.22. The Hall–Kier alpha value is -2.36. The normalized spacial score (nSPS) is 11.7. The highest BCUT2D eigenvalue weighted by atomic mass is 32.2. The first kappa shape index (κ1) is 21.4. The number of hydrogen-bond donors (Lipinski definition) is 0. The van der Waals surface area contributed by atoms with Crippen LogP contribution in [0.3, 0.4) is 0 Å². The van der Waals surface area contributed by atoms with E-state index in [2.05, 4.69) is 5.10 Å². The third kappa shape index (κ3) is 4.80. The van der Waals surface area contributed by atoms with Crippen molar-refractivity contribution in [1.29, 1.82) is 0 Å². The molecule has 29 heavy (non-hydrogen) atoms. The molecule has 0 unspecified atom stereocenters. The van der Waals surface area contributed by atoms with Gasteiger partial charge in [0.2, 0.25) is 0 Å². The zero-order valence-electron chi connectivity index (χ0n) is 16.7. The fourth-order valence-electron chi connectivity index (χ4n) is 3.07. The number of benzene rings is 1. The first-order chi connectivity index (χ1) is 14.0. The molecule has 156 valence electrons. The van der Waals surface area contributed by atoms with Crippen LogP contribution in [0.5, 0.6) is 11.5 Å². The van der Waals surface area contributed by atoms with E-state index in [1.165, 1.54) is 15.6 Å². The zero-order valence-corrected chi connectivity index (χ0v) is 18.4. The molecular formula is C20H25N3O4S2. The highest BCUT2D eigenvalue weighted by Gasteiger charge is 2.26. The summed E-state index contributed by atoms with van der Waals surface area (Å²) in [6.07, 6.45) is 2.24. The molecule has 0 aliphatic carbocycles. The molecule has 0 saturated carbocycles. The molecule has 2 aromatic heterocycles. The van der Waals surface area contributed by atoms with Crippen LogP contribution < -0.4 is 9.47 Å². The molecular weight excluding hydrogens is 410 g/mol. The van der Waals surface area contributed by atoms with Crippen molar-refractivity contribution in [3.05, 3.63) is 59.2 Å². The molecule has 0 saturated heterocycles. The monoisotopic (exact) mass is 435 g/mol. The van der Waals surface area contributed by atoms with Gasteiger partial charge in [-0.3, -0.25) is 4.68 Å². The Morgan fingerprint density at radius 3 is 2.59 bits per heavy atom. The fourth-order valence-corrected chi connectivity index (χ4v) is 5.63. The van der Waals surface area contributed by atoms with Gasteiger partial charge >= 0.3 is 0 Å². The predicted molar refractivity (Wildman–Crippen MR) is 113 cm³/mol. The molecule has 0 spiro atoms. The van der Waals surface area contributed by atoms with Crippen molar-refractivity contribution in [2.24, 2.45) is 0 Å². The van der Waals surface area contributed by atoms with Crippen molar-refractivity contribution in [3.8, 4) is 11.5 Å². The van der Waals surface area contributed by atoms with Crippen LogP contribution in [0.25, 0.3) is 0 Å². The molecule has 0 amide bonds. The van der Waals surface area contributed by atoms with Crippen LogP contribution in [0.15, 0.2) is 52.2 Å². The lowest BCUT2D eigenvalue weighted by Crippen LogP contribution is -2.33. The van der Waals surface area contributed by atoms with E-state index in [4.69, 9.17) is 9.47 Å². The zero-order chi connectivity index (χ0) is 20.9. The first-order valence-corrected chi connectivity index (χ1v) is 11.6. The molecule has 2 heterocycles. The van der Waals surface area contributed by atoms with E-state index in [1.807, 2.05) is 35.9 Å². The van der Waals surface area contributed by atoms with E-state index < -0.39 is 10.0 Å². The van der Waals surface area contributed by atoms with Crippen molar-refractivity contribution in [3.63, 3.8) is 0 Å².